The maximum Gasteiger partial charge on any atom is 0.573 e. The van der Waals surface area contributed by atoms with Crippen LogP contribution in [0.1, 0.15) is 55.7 Å². The molecule has 10 heteroatoms. The summed E-state index contributed by atoms with van der Waals surface area (Å²) < 4.78 is 41.4. The average Bonchev–Trinajstić information content (AvgIpc) is 3.50. The molecule has 2 aromatic rings. The van der Waals surface area contributed by atoms with E-state index in [-0.39, 0.29) is 11.8 Å². The Kier molecular flexibility index (Phi) is 7.46. The summed E-state index contributed by atoms with van der Waals surface area (Å²) in [5.74, 6) is 0.593. The normalized spacial score (nSPS) is 18.0. The highest BCUT2D eigenvalue weighted by atomic mass is 19.4. The molecule has 1 saturated heterocycles. The first kappa shape index (κ1) is 24.8. The molecule has 2 heterocycles. The number of likely N-dealkylation sites (tertiary alicyclic amines) is 1. The summed E-state index contributed by atoms with van der Waals surface area (Å²) in [5, 5.41) is 12.4. The van der Waals surface area contributed by atoms with E-state index in [2.05, 4.69) is 20.0 Å². The van der Waals surface area contributed by atoms with E-state index in [1.807, 2.05) is 13.0 Å². The summed E-state index contributed by atoms with van der Waals surface area (Å²) in [6.45, 7) is 6.46. The van der Waals surface area contributed by atoms with Crippen LogP contribution in [0.15, 0.2) is 30.6 Å². The number of aryl methyl sites for hydroxylation is 1. The Morgan fingerprint density at radius 2 is 1.85 bits per heavy atom. The summed E-state index contributed by atoms with van der Waals surface area (Å²) in [4.78, 5) is 20.1. The summed E-state index contributed by atoms with van der Waals surface area (Å²) in [5.41, 5.74) is 1.79. The van der Waals surface area contributed by atoms with Gasteiger partial charge in [0.05, 0.1) is 11.6 Å². The molecule has 1 amide bonds. The molecule has 4 rings (SSSR count). The van der Waals surface area contributed by atoms with Crippen molar-refractivity contribution in [3.63, 3.8) is 0 Å². The fourth-order valence-corrected chi connectivity index (χ4v) is 3.59. The van der Waals surface area contributed by atoms with E-state index < -0.39 is 12.0 Å². The standard InChI is InChI=1S/C16H16F3N3O.C7H13NO2/c1-10-7-20-15(21-8-10)22-9-11-4-13(12-2-3-12)6-14(5-11)23-16(17,18)19;1-7(2,10)6-3-4-8(6)5-9/h4-8,12H,2-3,9H2,1H3,(H,20,21,22);5-6,10H,3-4H2,1-2H3. The minimum atomic E-state index is -4.69. The number of hydrogen-bond acceptors (Lipinski definition) is 6. The molecule has 1 atom stereocenters. The molecule has 1 unspecified atom stereocenters. The Bertz CT molecular complexity index is 941. The predicted octanol–water partition coefficient (Wildman–Crippen LogP) is 4.16. The van der Waals surface area contributed by atoms with Gasteiger partial charge in [-0.25, -0.2) is 9.97 Å². The number of rotatable bonds is 7. The van der Waals surface area contributed by atoms with E-state index in [0.717, 1.165) is 43.3 Å². The second-order valence-corrected chi connectivity index (χ2v) is 8.97. The summed E-state index contributed by atoms with van der Waals surface area (Å²) >= 11 is 0. The Labute approximate surface area is 191 Å². The number of ether oxygens (including phenoxy) is 1. The summed E-state index contributed by atoms with van der Waals surface area (Å²) in [7, 11) is 0. The van der Waals surface area contributed by atoms with Crippen LogP contribution in [0.2, 0.25) is 0 Å². The van der Waals surface area contributed by atoms with Gasteiger partial charge in [0.2, 0.25) is 12.4 Å². The van der Waals surface area contributed by atoms with Gasteiger partial charge >= 0.3 is 6.36 Å². The number of hydrogen-bond donors (Lipinski definition) is 2. The second-order valence-electron chi connectivity index (χ2n) is 8.97. The van der Waals surface area contributed by atoms with E-state index >= 15 is 0 Å². The smallest absolute Gasteiger partial charge is 0.406 e. The Balaban J connectivity index is 0.000000257. The molecule has 33 heavy (non-hydrogen) atoms. The van der Waals surface area contributed by atoms with Crippen LogP contribution in [-0.4, -0.2) is 50.9 Å². The van der Waals surface area contributed by atoms with E-state index in [0.29, 0.717) is 24.0 Å². The van der Waals surface area contributed by atoms with Crippen LogP contribution in [0.3, 0.4) is 0 Å². The molecule has 1 aliphatic heterocycles. The number of aliphatic hydroxyl groups is 1. The van der Waals surface area contributed by atoms with Gasteiger partial charge in [0.1, 0.15) is 5.75 Å². The molecule has 0 bridgehead atoms. The van der Waals surface area contributed by atoms with Crippen molar-refractivity contribution in [2.24, 2.45) is 0 Å². The quantitative estimate of drug-likeness (QED) is 0.596. The van der Waals surface area contributed by atoms with Gasteiger partial charge in [-0.2, -0.15) is 0 Å². The van der Waals surface area contributed by atoms with Crippen molar-refractivity contribution in [1.29, 1.82) is 0 Å². The Morgan fingerprint density at radius 3 is 2.30 bits per heavy atom. The van der Waals surface area contributed by atoms with Crippen LogP contribution in [0.25, 0.3) is 0 Å². The maximum atomic E-state index is 12.5. The number of carbonyl (C=O) groups is 1. The van der Waals surface area contributed by atoms with Crippen molar-refractivity contribution in [2.45, 2.75) is 70.5 Å². The third-order valence-corrected chi connectivity index (χ3v) is 5.51. The molecule has 180 valence electrons. The number of nitrogens with zero attached hydrogens (tertiary/aromatic N) is 3. The number of carbonyl (C=O) groups excluding carboxylic acids is 1. The third-order valence-electron chi connectivity index (χ3n) is 5.51. The SMILES string of the molecule is CC(C)(O)C1CCN1C=O.Cc1cnc(NCc2cc(OC(F)(F)F)cc(C3CC3)c2)nc1. The molecule has 0 radical (unpaired) electrons. The number of halogens is 3. The molecule has 0 spiro atoms. The van der Waals surface area contributed by atoms with Crippen LogP contribution >= 0.6 is 0 Å². The molecular weight excluding hydrogens is 437 g/mol. The van der Waals surface area contributed by atoms with Crippen LogP contribution in [0.5, 0.6) is 5.75 Å². The lowest BCUT2D eigenvalue weighted by atomic mass is 9.89. The van der Waals surface area contributed by atoms with E-state index in [1.54, 1.807) is 31.1 Å². The van der Waals surface area contributed by atoms with Crippen LogP contribution in [0.4, 0.5) is 19.1 Å². The second kappa shape index (κ2) is 9.94. The lowest BCUT2D eigenvalue weighted by Crippen LogP contribution is -2.57. The van der Waals surface area contributed by atoms with E-state index in [1.165, 1.54) is 12.1 Å². The highest BCUT2D eigenvalue weighted by Gasteiger charge is 2.38. The molecule has 1 saturated carbocycles. The van der Waals surface area contributed by atoms with Gasteiger partial charge in [-0.3, -0.25) is 4.79 Å². The first-order chi connectivity index (χ1) is 15.4. The van der Waals surface area contributed by atoms with Gasteiger partial charge in [-0.15, -0.1) is 13.2 Å². The van der Waals surface area contributed by atoms with Gasteiger partial charge in [-0.05, 0) is 74.8 Å². The summed E-state index contributed by atoms with van der Waals surface area (Å²) in [6, 6.07) is 4.80. The number of amides is 1. The van der Waals surface area contributed by atoms with Gasteiger partial charge < -0.3 is 20.1 Å². The van der Waals surface area contributed by atoms with Gasteiger partial charge in [0.25, 0.3) is 0 Å². The highest BCUT2D eigenvalue weighted by Crippen LogP contribution is 2.42. The predicted molar refractivity (Wildman–Crippen MR) is 117 cm³/mol. The number of aromatic nitrogens is 2. The van der Waals surface area contributed by atoms with Crippen molar-refractivity contribution >= 4 is 12.4 Å². The lowest BCUT2D eigenvalue weighted by Gasteiger charge is -2.45. The van der Waals surface area contributed by atoms with Gasteiger partial charge in [-0.1, -0.05) is 6.07 Å². The number of nitrogens with one attached hydrogen (secondary N) is 1. The Morgan fingerprint density at radius 1 is 1.18 bits per heavy atom. The topological polar surface area (TPSA) is 87.6 Å². The minimum absolute atomic E-state index is 0.0324. The van der Waals surface area contributed by atoms with Crippen molar-refractivity contribution in [3.05, 3.63) is 47.3 Å². The van der Waals surface area contributed by atoms with E-state index in [4.69, 9.17) is 0 Å². The minimum Gasteiger partial charge on any atom is -0.406 e. The zero-order chi connectivity index (χ0) is 24.2. The molecule has 7 nitrogen and oxygen atoms in total. The zero-order valence-electron chi connectivity index (χ0n) is 18.9. The first-order valence-corrected chi connectivity index (χ1v) is 10.8. The van der Waals surface area contributed by atoms with Gasteiger partial charge in [0, 0.05) is 25.5 Å². The number of benzene rings is 1. The molecule has 2 aliphatic rings. The maximum absolute atomic E-state index is 12.5. The summed E-state index contributed by atoms with van der Waals surface area (Å²) in [6.07, 6.45) is 2.39. The van der Waals surface area contributed by atoms with Gasteiger partial charge in [0.15, 0.2) is 0 Å². The largest absolute Gasteiger partial charge is 0.573 e. The molecule has 2 N–H and O–H groups in total. The first-order valence-electron chi connectivity index (χ1n) is 10.8. The van der Waals surface area contributed by atoms with Crippen molar-refractivity contribution in [3.8, 4) is 5.75 Å². The van der Waals surface area contributed by atoms with Crippen LogP contribution in [0, 0.1) is 6.92 Å². The zero-order valence-corrected chi connectivity index (χ0v) is 18.9. The van der Waals surface area contributed by atoms with Crippen LogP contribution < -0.4 is 10.1 Å². The fraction of sp³-hybridized carbons (Fsp3) is 0.522. The molecular formula is C23H29F3N4O3. The number of alkyl halides is 3. The molecule has 1 aromatic carbocycles. The molecule has 2 fully saturated rings. The Hall–Kier alpha value is -2.88. The monoisotopic (exact) mass is 466 g/mol. The highest BCUT2D eigenvalue weighted by molar-refractivity contribution is 5.50. The number of anilines is 1. The van der Waals surface area contributed by atoms with Crippen molar-refractivity contribution in [2.75, 3.05) is 11.9 Å². The van der Waals surface area contributed by atoms with E-state index in [9.17, 15) is 23.1 Å². The average molecular weight is 467 g/mol. The third kappa shape index (κ3) is 7.59. The molecule has 1 aliphatic carbocycles. The van der Waals surface area contributed by atoms with Crippen molar-refractivity contribution < 1.29 is 27.8 Å². The fourth-order valence-electron chi connectivity index (χ4n) is 3.59. The van der Waals surface area contributed by atoms with Crippen molar-refractivity contribution in [1.82, 2.24) is 14.9 Å². The van der Waals surface area contributed by atoms with Crippen LogP contribution in [-0.2, 0) is 11.3 Å². The lowest BCUT2D eigenvalue weighted by molar-refractivity contribution is -0.274. The molecule has 1 aromatic heterocycles.